The van der Waals surface area contributed by atoms with Gasteiger partial charge in [0.25, 0.3) is 0 Å². The SMILES string of the molecule is [CH3][Am][CH2]C(C)=O. The maximum atomic E-state index is 10.1. The first-order chi connectivity index (χ1) is 2.77. The molecule has 0 spiro atoms. The summed E-state index contributed by atoms with van der Waals surface area (Å²) in [4.78, 5) is 10.1. The third kappa shape index (κ3) is 4.06. The van der Waals surface area contributed by atoms with Gasteiger partial charge in [-0.3, -0.25) is 0 Å². The molecule has 0 saturated carbocycles. The van der Waals surface area contributed by atoms with E-state index in [-0.39, 0.29) is 12.5 Å². The van der Waals surface area contributed by atoms with Gasteiger partial charge in [-0.15, -0.1) is 0 Å². The molecule has 0 aliphatic rings. The van der Waals surface area contributed by atoms with E-state index < -0.39 is 0 Å². The molecule has 0 aliphatic heterocycles. The molecule has 6 heavy (non-hydrogen) atoms. The zero-order valence-electron chi connectivity index (χ0n) is 3.99. The fourth-order valence-electron chi connectivity index (χ4n) is 0.188. The molecule has 0 amide bonds. The second-order valence-corrected chi connectivity index (χ2v) is 4.44. The summed E-state index contributed by atoms with van der Waals surface area (Å²) in [5.74, 6) is 0.369. The zero-order chi connectivity index (χ0) is 4.99. The number of carbonyl (C=O) groups is 1. The maximum absolute atomic E-state index is 10.1. The number of hydrogen-bond donors (Lipinski definition) is 0. The summed E-state index contributed by atoms with van der Waals surface area (Å²) in [5.41, 5.74) is 0.915. The Kier molecular flexibility index (Phi) is 3.29. The van der Waals surface area contributed by atoms with Crippen molar-refractivity contribution in [3.8, 4) is 0 Å². The van der Waals surface area contributed by atoms with E-state index in [1.807, 2.05) is 0 Å². The molecule has 0 heterocycles. The Labute approximate surface area is 42.6 Å². The molecule has 0 saturated heterocycles. The quantitative estimate of drug-likeness (QED) is 0.747. The molecule has 0 fully saturated rings. The summed E-state index contributed by atoms with van der Waals surface area (Å²) in [6.45, 7) is 1.66. The molecule has 0 aromatic carbocycles. The second kappa shape index (κ2) is 3.26. The molecule has 0 radical (unpaired) electrons. The van der Waals surface area contributed by atoms with E-state index in [9.17, 15) is 4.79 Å². The molecule has 0 aromatic rings. The van der Waals surface area contributed by atoms with E-state index in [0.29, 0.717) is 5.78 Å². The van der Waals surface area contributed by atoms with Crippen LogP contribution in [0.5, 0.6) is 0 Å². The predicted octanol–water partition coefficient (Wildman–Crippen LogP) is 1.13. The summed E-state index contributed by atoms with van der Waals surface area (Å²) in [7, 11) is 0. The molecular formula is C4H8AmO. The molecule has 0 aliphatic carbocycles. The van der Waals surface area contributed by atoms with Crippen molar-refractivity contribution in [2.45, 2.75) is 18.7 Å². The number of hydrogen-bond acceptors (Lipinski definition) is 1. The van der Waals surface area contributed by atoms with E-state index in [1.165, 1.54) is 0 Å². The molecule has 0 aromatic heterocycles. The Morgan fingerprint density at radius 2 is 2.33 bits per heavy atom. The Morgan fingerprint density at radius 3 is 2.33 bits per heavy atom. The average Bonchev–Trinajstić information content (AvgIpc) is 1.35. The van der Waals surface area contributed by atoms with Crippen LogP contribution in [0.25, 0.3) is 0 Å². The second-order valence-electron chi connectivity index (χ2n) is 1.10. The molecular weight excluding hydrogens is 307 g/mol. The van der Waals surface area contributed by atoms with E-state index >= 15 is 0 Å². The zero-order valence-corrected chi connectivity index (χ0v) is 7.14. The first-order valence-electron chi connectivity index (χ1n) is 1.70. The van der Waals surface area contributed by atoms with Gasteiger partial charge in [0.2, 0.25) is 0 Å². The molecule has 0 atom stereocenters. The minimum absolute atomic E-state index is 0.259. The van der Waals surface area contributed by atoms with Gasteiger partial charge in [0, 0.05) is 0 Å². The fourth-order valence-corrected chi connectivity index (χ4v) is 1.76. The van der Waals surface area contributed by atoms with Crippen LogP contribution in [-0.2, 0) is 4.79 Å². The van der Waals surface area contributed by atoms with Gasteiger partial charge in [-0.05, 0) is 0 Å². The van der Waals surface area contributed by atoms with Crippen molar-refractivity contribution >= 4 is 5.78 Å². The summed E-state index contributed by atoms with van der Waals surface area (Å²) in [5, 5.41) is 0. The Hall–Kier alpha value is 0.0596. The van der Waals surface area contributed by atoms with Crippen LogP contribution in [0, 0.1) is 12.5 Å². The van der Waals surface area contributed by atoms with Gasteiger partial charge < -0.3 is 0 Å². The van der Waals surface area contributed by atoms with Gasteiger partial charge >= 0.3 is 41.8 Å². The van der Waals surface area contributed by atoms with Crippen molar-refractivity contribution in [3.63, 3.8) is 0 Å². The van der Waals surface area contributed by atoms with E-state index in [0.717, 1.165) is 5.66 Å². The van der Waals surface area contributed by atoms with E-state index in [1.54, 1.807) is 6.92 Å². The van der Waals surface area contributed by atoms with Crippen molar-refractivity contribution in [1.29, 1.82) is 0 Å². The normalized spacial score (nSPS) is 7.00. The number of Topliss-reactive ketones (excluding diaryl/α,β-unsaturated/α-hetero) is 1. The van der Waals surface area contributed by atoms with Crippen LogP contribution in [-0.4, -0.2) is 5.78 Å². The van der Waals surface area contributed by atoms with Crippen LogP contribution < -0.4 is 0 Å². The molecule has 0 bridgehead atoms. The van der Waals surface area contributed by atoms with Gasteiger partial charge in [-0.1, -0.05) is 0 Å². The van der Waals surface area contributed by atoms with Crippen LogP contribution in [0.4, 0.5) is 0 Å². The van der Waals surface area contributed by atoms with Gasteiger partial charge in [0.05, 0.1) is 0 Å². The third-order valence-corrected chi connectivity index (χ3v) is 3.00. The van der Waals surface area contributed by atoms with Crippen LogP contribution in [0.3, 0.4) is 0 Å². The van der Waals surface area contributed by atoms with Crippen LogP contribution >= 0.6 is 0 Å². The minimum atomic E-state index is -0.259. The molecule has 0 N–H and O–H groups in total. The van der Waals surface area contributed by atoms with Crippen molar-refractivity contribution in [2.75, 3.05) is 0 Å². The molecule has 0 unspecified atom stereocenters. The monoisotopic (exact) mass is 313 g/mol. The third-order valence-electron chi connectivity index (χ3n) is 0.322. The van der Waals surface area contributed by atoms with Crippen molar-refractivity contribution in [3.05, 3.63) is 0 Å². The Morgan fingerprint density at radius 1 is 1.83 bits per heavy atom. The van der Waals surface area contributed by atoms with E-state index in [2.05, 4.69) is 6.16 Å². The van der Waals surface area contributed by atoms with Gasteiger partial charge in [-0.25, -0.2) is 0 Å². The van der Waals surface area contributed by atoms with Gasteiger partial charge in [0.15, 0.2) is 0 Å². The topological polar surface area (TPSA) is 17.1 Å². The first kappa shape index (κ1) is 6.06. The summed E-state index contributed by atoms with van der Waals surface area (Å²) >= 11 is -0.259. The Bertz CT molecular complexity index is 51.5. The fraction of sp³-hybridized carbons (Fsp3) is 0.750. The Balaban J connectivity index is 2.83. The average molecular weight is 315 g/mol. The molecule has 1 nitrogen and oxygen atoms in total. The summed E-state index contributed by atoms with van der Waals surface area (Å²) < 4.78 is 0. The van der Waals surface area contributed by atoms with Gasteiger partial charge in [0.1, 0.15) is 0 Å². The molecule has 0 rings (SSSR count). The van der Waals surface area contributed by atoms with Crippen LogP contribution in [0.1, 0.15) is 6.92 Å². The van der Waals surface area contributed by atoms with Crippen molar-refractivity contribution < 1.29 is 17.3 Å². The van der Waals surface area contributed by atoms with Crippen LogP contribution in [0.15, 0.2) is 0 Å². The number of ketones is 1. The molecule has 2 heteroatoms. The summed E-state index contributed by atoms with van der Waals surface area (Å²) in [6, 6.07) is 0. The van der Waals surface area contributed by atoms with Crippen molar-refractivity contribution in [1.82, 2.24) is 0 Å². The molecule has 37 valence electrons. The predicted molar refractivity (Wildman–Crippen MR) is 21.4 cm³/mol. The van der Waals surface area contributed by atoms with Gasteiger partial charge in [-0.2, -0.15) is 0 Å². The summed E-state index contributed by atoms with van der Waals surface area (Å²) in [6.07, 6.45) is 2.18. The standard InChI is InChI=1S/C3H5O.CH3.Am/c1-3(2)4;;/h1H2,2H3;1H3;. The number of carbonyl (C=O) groups excluding carboxylic acids is 1. The van der Waals surface area contributed by atoms with Crippen LogP contribution in [0.2, 0.25) is 11.8 Å². The first-order valence-corrected chi connectivity index (χ1v) is 7.08. The van der Waals surface area contributed by atoms with Crippen molar-refractivity contribution in [2.24, 2.45) is 0 Å². The number of rotatable bonds is 2. The van der Waals surface area contributed by atoms with E-state index in [4.69, 9.17) is 0 Å².